The number of amides is 2. The molecule has 0 aliphatic heterocycles. The van der Waals surface area contributed by atoms with Gasteiger partial charge in [-0.1, -0.05) is 0 Å². The van der Waals surface area contributed by atoms with Gasteiger partial charge >= 0.3 is 0 Å². The number of nitrogens with two attached hydrogens (primary N) is 1. The molecule has 0 aromatic heterocycles. The highest BCUT2D eigenvalue weighted by molar-refractivity contribution is 5.85. The summed E-state index contributed by atoms with van der Waals surface area (Å²) >= 11 is 0. The van der Waals surface area contributed by atoms with Crippen molar-refractivity contribution in [3.8, 4) is 5.75 Å². The first-order valence-corrected chi connectivity index (χ1v) is 6.82. The Morgan fingerprint density at radius 2 is 1.76 bits per heavy atom. The van der Waals surface area contributed by atoms with E-state index in [0.717, 1.165) is 0 Å². The number of rotatable bonds is 6. The second-order valence-corrected chi connectivity index (χ2v) is 5.74. The van der Waals surface area contributed by atoms with Crippen LogP contribution in [-0.2, 0) is 9.59 Å². The second kappa shape index (κ2) is 7.52. The Balaban J connectivity index is 2.19. The van der Waals surface area contributed by atoms with Gasteiger partial charge in [0.2, 0.25) is 11.8 Å². The van der Waals surface area contributed by atoms with Gasteiger partial charge < -0.3 is 21.1 Å². The van der Waals surface area contributed by atoms with Gasteiger partial charge in [0.1, 0.15) is 5.75 Å². The van der Waals surface area contributed by atoms with E-state index in [2.05, 4.69) is 10.6 Å². The summed E-state index contributed by atoms with van der Waals surface area (Å²) < 4.78 is 5.40. The van der Waals surface area contributed by atoms with Crippen molar-refractivity contribution in [2.45, 2.75) is 32.7 Å². The molecule has 0 bridgehead atoms. The maximum absolute atomic E-state index is 11.6. The smallest absolute Gasteiger partial charge is 0.239 e. The van der Waals surface area contributed by atoms with E-state index in [-0.39, 0.29) is 36.9 Å². The normalized spacial score (nSPS) is 10.8. The van der Waals surface area contributed by atoms with Crippen LogP contribution in [0.2, 0.25) is 0 Å². The fourth-order valence-corrected chi connectivity index (χ4v) is 1.56. The van der Waals surface area contributed by atoms with Crippen LogP contribution in [0.25, 0.3) is 0 Å². The summed E-state index contributed by atoms with van der Waals surface area (Å²) in [5.41, 5.74) is 5.91. The van der Waals surface area contributed by atoms with Crippen molar-refractivity contribution in [2.24, 2.45) is 0 Å². The van der Waals surface area contributed by atoms with Crippen molar-refractivity contribution in [1.82, 2.24) is 10.6 Å². The third kappa shape index (κ3) is 7.81. The average molecular weight is 293 g/mol. The number of hydrogen-bond acceptors (Lipinski definition) is 4. The molecule has 0 saturated heterocycles. The Morgan fingerprint density at radius 3 is 2.33 bits per heavy atom. The second-order valence-electron chi connectivity index (χ2n) is 5.74. The predicted octanol–water partition coefficient (Wildman–Crippen LogP) is 1.07. The van der Waals surface area contributed by atoms with Crippen molar-refractivity contribution >= 4 is 17.5 Å². The number of nitrogens with one attached hydrogen (secondary N) is 2. The van der Waals surface area contributed by atoms with Gasteiger partial charge in [0.05, 0.1) is 19.6 Å². The minimum absolute atomic E-state index is 0.0298. The number of hydrogen-bond donors (Lipinski definition) is 3. The quantitative estimate of drug-likeness (QED) is 0.684. The molecule has 1 aromatic rings. The summed E-state index contributed by atoms with van der Waals surface area (Å²) in [5, 5.41) is 5.31. The van der Waals surface area contributed by atoms with Crippen LogP contribution in [0.1, 0.15) is 27.2 Å². The van der Waals surface area contributed by atoms with Crippen LogP contribution >= 0.6 is 0 Å². The van der Waals surface area contributed by atoms with E-state index in [4.69, 9.17) is 10.5 Å². The van der Waals surface area contributed by atoms with Crippen molar-refractivity contribution in [1.29, 1.82) is 0 Å². The molecule has 0 aliphatic rings. The molecule has 0 spiro atoms. The third-order valence-electron chi connectivity index (χ3n) is 2.44. The molecule has 6 heteroatoms. The highest BCUT2D eigenvalue weighted by atomic mass is 16.5. The lowest BCUT2D eigenvalue weighted by Gasteiger charge is -2.20. The first-order chi connectivity index (χ1) is 9.76. The van der Waals surface area contributed by atoms with Gasteiger partial charge in [-0.15, -0.1) is 0 Å². The summed E-state index contributed by atoms with van der Waals surface area (Å²) in [7, 11) is 0. The zero-order valence-electron chi connectivity index (χ0n) is 12.7. The lowest BCUT2D eigenvalue weighted by molar-refractivity contribution is -0.127. The number of nitrogen functional groups attached to an aromatic ring is 1. The fourth-order valence-electron chi connectivity index (χ4n) is 1.56. The summed E-state index contributed by atoms with van der Waals surface area (Å²) in [4.78, 5) is 23.1. The van der Waals surface area contributed by atoms with E-state index in [9.17, 15) is 9.59 Å². The van der Waals surface area contributed by atoms with Crippen LogP contribution in [0.5, 0.6) is 5.75 Å². The topological polar surface area (TPSA) is 93.5 Å². The highest BCUT2D eigenvalue weighted by Crippen LogP contribution is 2.12. The summed E-state index contributed by atoms with van der Waals surface area (Å²) in [6, 6.07) is 6.94. The van der Waals surface area contributed by atoms with E-state index in [1.165, 1.54) is 0 Å². The van der Waals surface area contributed by atoms with E-state index >= 15 is 0 Å². The minimum Gasteiger partial charge on any atom is -0.493 e. The SMILES string of the molecule is CC(C)(C)NC(=O)CNC(=O)CCOc1ccc(N)cc1. The molecule has 0 aliphatic carbocycles. The van der Waals surface area contributed by atoms with Crippen molar-refractivity contribution in [2.75, 3.05) is 18.9 Å². The molecule has 2 amide bonds. The Kier molecular flexibility index (Phi) is 6.02. The molecule has 1 rings (SSSR count). The Morgan fingerprint density at radius 1 is 1.14 bits per heavy atom. The van der Waals surface area contributed by atoms with Crippen molar-refractivity contribution < 1.29 is 14.3 Å². The first kappa shape index (κ1) is 16.8. The Bertz CT molecular complexity index is 478. The molecule has 6 nitrogen and oxygen atoms in total. The summed E-state index contributed by atoms with van der Waals surface area (Å²) in [5.74, 6) is 0.215. The van der Waals surface area contributed by atoms with E-state index in [1.807, 2.05) is 20.8 Å². The van der Waals surface area contributed by atoms with E-state index in [1.54, 1.807) is 24.3 Å². The van der Waals surface area contributed by atoms with Gasteiger partial charge in [-0.2, -0.15) is 0 Å². The van der Waals surface area contributed by atoms with Gasteiger partial charge in [0.25, 0.3) is 0 Å². The predicted molar refractivity (Wildman–Crippen MR) is 81.9 cm³/mol. The van der Waals surface area contributed by atoms with Crippen molar-refractivity contribution in [3.05, 3.63) is 24.3 Å². The molecule has 0 atom stereocenters. The van der Waals surface area contributed by atoms with Crippen LogP contribution in [0, 0.1) is 0 Å². The zero-order valence-corrected chi connectivity index (χ0v) is 12.7. The van der Waals surface area contributed by atoms with Gasteiger partial charge in [0.15, 0.2) is 0 Å². The number of carbonyl (C=O) groups is 2. The van der Waals surface area contributed by atoms with Gasteiger partial charge in [-0.05, 0) is 45.0 Å². The molecule has 21 heavy (non-hydrogen) atoms. The molecule has 0 saturated carbocycles. The molecule has 0 fully saturated rings. The van der Waals surface area contributed by atoms with Crippen LogP contribution < -0.4 is 21.1 Å². The molecule has 0 heterocycles. The molecule has 4 N–H and O–H groups in total. The van der Waals surface area contributed by atoms with Crippen molar-refractivity contribution in [3.63, 3.8) is 0 Å². The standard InChI is InChI=1S/C15H23N3O3/c1-15(2,3)18-14(20)10-17-13(19)8-9-21-12-6-4-11(16)5-7-12/h4-7H,8-10,16H2,1-3H3,(H,17,19)(H,18,20). The van der Waals surface area contributed by atoms with Gasteiger partial charge in [0, 0.05) is 11.2 Å². The number of anilines is 1. The third-order valence-corrected chi connectivity index (χ3v) is 2.44. The first-order valence-electron chi connectivity index (χ1n) is 6.82. The maximum atomic E-state index is 11.6. The Hall–Kier alpha value is -2.24. The lowest BCUT2D eigenvalue weighted by Crippen LogP contribution is -2.45. The Labute approximate surface area is 125 Å². The van der Waals surface area contributed by atoms with E-state index < -0.39 is 0 Å². The van der Waals surface area contributed by atoms with Gasteiger partial charge in [-0.25, -0.2) is 0 Å². The molecular formula is C15H23N3O3. The van der Waals surface area contributed by atoms with Gasteiger partial charge in [-0.3, -0.25) is 9.59 Å². The summed E-state index contributed by atoms with van der Waals surface area (Å²) in [6.07, 6.45) is 0.188. The average Bonchev–Trinajstić information content (AvgIpc) is 2.37. The monoisotopic (exact) mass is 293 g/mol. The van der Waals surface area contributed by atoms with E-state index in [0.29, 0.717) is 11.4 Å². The molecule has 0 unspecified atom stereocenters. The maximum Gasteiger partial charge on any atom is 0.239 e. The largest absolute Gasteiger partial charge is 0.493 e. The zero-order chi connectivity index (χ0) is 15.9. The molecule has 116 valence electrons. The highest BCUT2D eigenvalue weighted by Gasteiger charge is 2.14. The number of benzene rings is 1. The number of ether oxygens (including phenoxy) is 1. The van der Waals surface area contributed by atoms with Crippen LogP contribution in [0.4, 0.5) is 5.69 Å². The minimum atomic E-state index is -0.305. The van der Waals surface area contributed by atoms with Crippen LogP contribution in [0.3, 0.4) is 0 Å². The molecule has 0 radical (unpaired) electrons. The lowest BCUT2D eigenvalue weighted by atomic mass is 10.1. The fraction of sp³-hybridized carbons (Fsp3) is 0.467. The number of carbonyl (C=O) groups excluding carboxylic acids is 2. The summed E-state index contributed by atoms with van der Waals surface area (Å²) in [6.45, 7) is 5.86. The van der Waals surface area contributed by atoms with Crippen LogP contribution in [0.15, 0.2) is 24.3 Å². The van der Waals surface area contributed by atoms with Crippen LogP contribution in [-0.4, -0.2) is 30.5 Å². The molecule has 1 aromatic carbocycles. The molecular weight excluding hydrogens is 270 g/mol.